The topological polar surface area (TPSA) is 69.2 Å². The lowest BCUT2D eigenvalue weighted by Crippen LogP contribution is -2.06. The molecule has 0 radical (unpaired) electrons. The second kappa shape index (κ2) is 5.44. The first-order chi connectivity index (χ1) is 8.31. The van der Waals surface area contributed by atoms with Crippen LogP contribution in [-0.4, -0.2) is 29.2 Å². The van der Waals surface area contributed by atoms with E-state index in [1.807, 2.05) is 11.4 Å². The molecule has 2 rings (SSSR count). The average Bonchev–Trinajstić information content (AvgIpc) is 2.89. The van der Waals surface area contributed by atoms with Crippen molar-refractivity contribution >= 4 is 17.3 Å². The van der Waals surface area contributed by atoms with Crippen molar-refractivity contribution in [1.29, 1.82) is 0 Å². The average molecular weight is 252 g/mol. The molecule has 0 unspecified atom stereocenters. The molecular formula is C10H12N4O2S. The van der Waals surface area contributed by atoms with E-state index in [1.54, 1.807) is 11.3 Å². The van der Waals surface area contributed by atoms with Crippen LogP contribution < -0.4 is 14.8 Å². The summed E-state index contributed by atoms with van der Waals surface area (Å²) in [5.41, 5.74) is 1.17. The first kappa shape index (κ1) is 11.6. The summed E-state index contributed by atoms with van der Waals surface area (Å²) < 4.78 is 9.91. The van der Waals surface area contributed by atoms with Gasteiger partial charge in [-0.1, -0.05) is 0 Å². The van der Waals surface area contributed by atoms with Crippen molar-refractivity contribution < 1.29 is 9.47 Å². The van der Waals surface area contributed by atoms with Crippen molar-refractivity contribution in [2.24, 2.45) is 0 Å². The highest BCUT2D eigenvalue weighted by Crippen LogP contribution is 2.13. The zero-order valence-electron chi connectivity index (χ0n) is 9.51. The van der Waals surface area contributed by atoms with Crippen LogP contribution in [0.25, 0.3) is 0 Å². The summed E-state index contributed by atoms with van der Waals surface area (Å²) in [6, 6.07) is 2.49. The van der Waals surface area contributed by atoms with Crippen LogP contribution in [0, 0.1) is 0 Å². The Bertz CT molecular complexity index is 453. The van der Waals surface area contributed by atoms with Crippen LogP contribution in [0.5, 0.6) is 12.0 Å². The molecule has 7 heteroatoms. The number of methoxy groups -OCH3 is 2. The number of anilines is 1. The van der Waals surface area contributed by atoms with E-state index in [0.29, 0.717) is 12.5 Å². The van der Waals surface area contributed by atoms with E-state index < -0.39 is 0 Å². The molecule has 2 heterocycles. The number of aromatic nitrogens is 3. The molecule has 0 saturated carbocycles. The van der Waals surface area contributed by atoms with E-state index in [2.05, 4.69) is 25.6 Å². The first-order valence-electron chi connectivity index (χ1n) is 4.91. The molecule has 0 aliphatic rings. The molecule has 0 spiro atoms. The van der Waals surface area contributed by atoms with Crippen LogP contribution in [-0.2, 0) is 6.54 Å². The molecule has 90 valence electrons. The predicted molar refractivity (Wildman–Crippen MR) is 64.6 cm³/mol. The number of thiophene rings is 1. The molecule has 1 N–H and O–H groups in total. The Morgan fingerprint density at radius 3 is 2.41 bits per heavy atom. The Balaban J connectivity index is 2.09. The van der Waals surface area contributed by atoms with Gasteiger partial charge in [0.05, 0.1) is 14.2 Å². The molecule has 0 amide bonds. The Morgan fingerprint density at radius 2 is 1.88 bits per heavy atom. The third-order valence-corrected chi connectivity index (χ3v) is 2.72. The lowest BCUT2D eigenvalue weighted by molar-refractivity contribution is 0.341. The van der Waals surface area contributed by atoms with Crippen LogP contribution in [0.4, 0.5) is 5.95 Å². The van der Waals surface area contributed by atoms with Crippen LogP contribution >= 0.6 is 11.3 Å². The van der Waals surface area contributed by atoms with Gasteiger partial charge in [0.25, 0.3) is 0 Å². The summed E-state index contributed by atoms with van der Waals surface area (Å²) in [7, 11) is 2.99. The van der Waals surface area contributed by atoms with Gasteiger partial charge in [-0.25, -0.2) is 0 Å². The molecule has 0 atom stereocenters. The molecule has 17 heavy (non-hydrogen) atoms. The van der Waals surface area contributed by atoms with Crippen LogP contribution in [0.3, 0.4) is 0 Å². The molecule has 2 aromatic rings. The molecule has 0 bridgehead atoms. The first-order valence-corrected chi connectivity index (χ1v) is 5.85. The van der Waals surface area contributed by atoms with Crippen molar-refractivity contribution in [3.8, 4) is 12.0 Å². The maximum atomic E-state index is 4.95. The Morgan fingerprint density at radius 1 is 1.18 bits per heavy atom. The molecule has 2 aromatic heterocycles. The summed E-state index contributed by atoms with van der Waals surface area (Å²) in [6.07, 6.45) is 0. The normalized spacial score (nSPS) is 10.0. The van der Waals surface area contributed by atoms with E-state index in [-0.39, 0.29) is 12.0 Å². The maximum Gasteiger partial charge on any atom is 0.324 e. The van der Waals surface area contributed by atoms with Gasteiger partial charge in [-0.3, -0.25) is 0 Å². The van der Waals surface area contributed by atoms with Crippen molar-refractivity contribution in [2.75, 3.05) is 19.5 Å². The number of hydrogen-bond acceptors (Lipinski definition) is 7. The van der Waals surface area contributed by atoms with E-state index in [9.17, 15) is 0 Å². The largest absolute Gasteiger partial charge is 0.467 e. The van der Waals surface area contributed by atoms with Gasteiger partial charge >= 0.3 is 12.0 Å². The van der Waals surface area contributed by atoms with Gasteiger partial charge in [0.15, 0.2) is 0 Å². The Labute approximate surface area is 103 Å². The smallest absolute Gasteiger partial charge is 0.324 e. The highest BCUT2D eigenvalue weighted by Gasteiger charge is 2.06. The van der Waals surface area contributed by atoms with Crippen molar-refractivity contribution in [3.63, 3.8) is 0 Å². The highest BCUT2D eigenvalue weighted by atomic mass is 32.1. The minimum atomic E-state index is 0.227. The summed E-state index contributed by atoms with van der Waals surface area (Å²) in [4.78, 5) is 12.0. The van der Waals surface area contributed by atoms with Gasteiger partial charge in [0.1, 0.15) is 0 Å². The van der Waals surface area contributed by atoms with Gasteiger partial charge in [0.2, 0.25) is 5.95 Å². The zero-order chi connectivity index (χ0) is 12.1. The second-order valence-electron chi connectivity index (χ2n) is 3.12. The van der Waals surface area contributed by atoms with Gasteiger partial charge in [-0.15, -0.1) is 4.98 Å². The second-order valence-corrected chi connectivity index (χ2v) is 3.90. The van der Waals surface area contributed by atoms with Gasteiger partial charge in [-0.05, 0) is 22.4 Å². The van der Waals surface area contributed by atoms with Crippen molar-refractivity contribution in [3.05, 3.63) is 22.4 Å². The summed E-state index contributed by atoms with van der Waals surface area (Å²) >= 11 is 1.65. The minimum Gasteiger partial charge on any atom is -0.467 e. The summed E-state index contributed by atoms with van der Waals surface area (Å²) in [6.45, 7) is 0.653. The molecule has 0 aromatic carbocycles. The number of nitrogens with zero attached hydrogens (tertiary/aromatic N) is 3. The molecule has 6 nitrogen and oxygen atoms in total. The fourth-order valence-corrected chi connectivity index (χ4v) is 1.84. The standard InChI is InChI=1S/C10H12N4O2S/c1-15-9-12-8(13-10(14-9)16-2)11-5-7-3-4-17-6-7/h3-4,6H,5H2,1-2H3,(H,11,12,13,14). The molecular weight excluding hydrogens is 240 g/mol. The molecule has 0 aliphatic carbocycles. The van der Waals surface area contributed by atoms with Crippen molar-refractivity contribution in [1.82, 2.24) is 15.0 Å². The monoisotopic (exact) mass is 252 g/mol. The fraction of sp³-hybridized carbons (Fsp3) is 0.300. The summed E-state index contributed by atoms with van der Waals surface area (Å²) in [5.74, 6) is 0.430. The van der Waals surface area contributed by atoms with Gasteiger partial charge in [-0.2, -0.15) is 21.3 Å². The number of nitrogens with one attached hydrogen (secondary N) is 1. The number of rotatable bonds is 5. The van der Waals surface area contributed by atoms with Crippen LogP contribution in [0.1, 0.15) is 5.56 Å². The van der Waals surface area contributed by atoms with Gasteiger partial charge < -0.3 is 14.8 Å². The SMILES string of the molecule is COc1nc(NCc2ccsc2)nc(OC)n1. The third kappa shape index (κ3) is 3.04. The van der Waals surface area contributed by atoms with E-state index in [4.69, 9.17) is 9.47 Å². The van der Waals surface area contributed by atoms with Crippen LogP contribution in [0.2, 0.25) is 0 Å². The lowest BCUT2D eigenvalue weighted by Gasteiger charge is -2.06. The maximum absolute atomic E-state index is 4.95. The fourth-order valence-electron chi connectivity index (χ4n) is 1.17. The molecule has 0 aliphatic heterocycles. The van der Waals surface area contributed by atoms with Gasteiger partial charge in [0, 0.05) is 6.54 Å². The molecule has 0 saturated heterocycles. The van der Waals surface area contributed by atoms with E-state index in [1.165, 1.54) is 19.8 Å². The Hall–Kier alpha value is -1.89. The lowest BCUT2D eigenvalue weighted by atomic mass is 10.3. The van der Waals surface area contributed by atoms with E-state index >= 15 is 0 Å². The van der Waals surface area contributed by atoms with Crippen LogP contribution in [0.15, 0.2) is 16.8 Å². The predicted octanol–water partition coefficient (Wildman–Crippen LogP) is 1.56. The van der Waals surface area contributed by atoms with E-state index in [0.717, 1.165) is 0 Å². The highest BCUT2D eigenvalue weighted by molar-refractivity contribution is 7.07. The third-order valence-electron chi connectivity index (χ3n) is 1.99. The Kier molecular flexibility index (Phi) is 3.71. The number of ether oxygens (including phenoxy) is 2. The minimum absolute atomic E-state index is 0.227. The molecule has 0 fully saturated rings. The summed E-state index contributed by atoms with van der Waals surface area (Å²) in [5, 5.41) is 7.16. The quantitative estimate of drug-likeness (QED) is 0.871. The number of hydrogen-bond donors (Lipinski definition) is 1. The zero-order valence-corrected chi connectivity index (χ0v) is 10.3. The van der Waals surface area contributed by atoms with Crippen molar-refractivity contribution in [2.45, 2.75) is 6.54 Å².